The fourth-order valence-corrected chi connectivity index (χ4v) is 4.27. The highest BCUT2D eigenvalue weighted by atomic mass is 16.4. The molecule has 0 aromatic heterocycles. The SMILES string of the molecule is O=C(O)C1CCC(C(=O)N(CC2CCCCC2)C2CC2)CC1. The first-order valence-electron chi connectivity index (χ1n) is 9.18. The van der Waals surface area contributed by atoms with Gasteiger partial charge in [0, 0.05) is 18.5 Å². The van der Waals surface area contributed by atoms with Gasteiger partial charge in [0.05, 0.1) is 5.92 Å². The monoisotopic (exact) mass is 307 g/mol. The molecule has 22 heavy (non-hydrogen) atoms. The normalized spacial score (nSPS) is 30.0. The van der Waals surface area contributed by atoms with Crippen LogP contribution in [0.5, 0.6) is 0 Å². The van der Waals surface area contributed by atoms with Crippen molar-refractivity contribution in [3.8, 4) is 0 Å². The lowest BCUT2D eigenvalue weighted by Gasteiger charge is -2.34. The van der Waals surface area contributed by atoms with Crippen molar-refractivity contribution in [3.05, 3.63) is 0 Å². The fourth-order valence-electron chi connectivity index (χ4n) is 4.27. The summed E-state index contributed by atoms with van der Waals surface area (Å²) < 4.78 is 0. The van der Waals surface area contributed by atoms with Crippen LogP contribution in [0.15, 0.2) is 0 Å². The van der Waals surface area contributed by atoms with Crippen molar-refractivity contribution >= 4 is 11.9 Å². The zero-order valence-corrected chi connectivity index (χ0v) is 13.5. The van der Waals surface area contributed by atoms with E-state index in [1.54, 1.807) is 0 Å². The minimum absolute atomic E-state index is 0.0831. The van der Waals surface area contributed by atoms with Gasteiger partial charge in [-0.3, -0.25) is 9.59 Å². The van der Waals surface area contributed by atoms with Gasteiger partial charge in [0.15, 0.2) is 0 Å². The van der Waals surface area contributed by atoms with Gasteiger partial charge in [0.2, 0.25) is 5.91 Å². The largest absolute Gasteiger partial charge is 0.481 e. The highest BCUT2D eigenvalue weighted by Gasteiger charge is 2.38. The molecule has 4 nitrogen and oxygen atoms in total. The van der Waals surface area contributed by atoms with E-state index in [0.29, 0.717) is 30.7 Å². The van der Waals surface area contributed by atoms with Gasteiger partial charge in [-0.05, 0) is 57.3 Å². The highest BCUT2D eigenvalue weighted by Crippen LogP contribution is 2.36. The minimum atomic E-state index is -0.688. The molecule has 0 bridgehead atoms. The van der Waals surface area contributed by atoms with Crippen LogP contribution in [-0.2, 0) is 9.59 Å². The van der Waals surface area contributed by atoms with Crippen LogP contribution >= 0.6 is 0 Å². The molecule has 1 amide bonds. The Labute approximate surface area is 133 Å². The summed E-state index contributed by atoms with van der Waals surface area (Å²) in [6.45, 7) is 0.961. The van der Waals surface area contributed by atoms with Crippen molar-refractivity contribution in [1.29, 1.82) is 0 Å². The number of rotatable bonds is 5. The first-order chi connectivity index (χ1) is 10.6. The molecule has 0 aromatic rings. The molecule has 3 fully saturated rings. The van der Waals surface area contributed by atoms with Gasteiger partial charge in [0.25, 0.3) is 0 Å². The fraction of sp³-hybridized carbons (Fsp3) is 0.889. The average molecular weight is 307 g/mol. The number of carbonyl (C=O) groups excluding carboxylic acids is 1. The molecule has 0 atom stereocenters. The van der Waals surface area contributed by atoms with Crippen LogP contribution in [0.25, 0.3) is 0 Å². The standard InChI is InChI=1S/C18H29NO3/c20-17(14-6-8-15(9-7-14)18(21)22)19(16-10-11-16)12-13-4-2-1-3-5-13/h13-16H,1-12H2,(H,21,22). The van der Waals surface area contributed by atoms with Crippen LogP contribution in [-0.4, -0.2) is 34.5 Å². The van der Waals surface area contributed by atoms with Gasteiger partial charge in [-0.25, -0.2) is 0 Å². The molecule has 0 heterocycles. The van der Waals surface area contributed by atoms with E-state index >= 15 is 0 Å². The Kier molecular flexibility index (Phi) is 5.04. The molecule has 3 aliphatic carbocycles. The summed E-state index contributed by atoms with van der Waals surface area (Å²) >= 11 is 0. The van der Waals surface area contributed by atoms with Crippen molar-refractivity contribution in [2.24, 2.45) is 17.8 Å². The smallest absolute Gasteiger partial charge is 0.306 e. The number of carboxylic acids is 1. The first-order valence-corrected chi connectivity index (χ1v) is 9.18. The summed E-state index contributed by atoms with van der Waals surface area (Å²) in [6, 6.07) is 0.492. The van der Waals surface area contributed by atoms with E-state index in [9.17, 15) is 9.59 Å². The van der Waals surface area contributed by atoms with E-state index in [1.165, 1.54) is 44.9 Å². The Morgan fingerprint density at radius 3 is 1.95 bits per heavy atom. The lowest BCUT2D eigenvalue weighted by molar-refractivity contribution is -0.146. The van der Waals surface area contributed by atoms with Crippen LogP contribution in [0.1, 0.15) is 70.6 Å². The van der Waals surface area contributed by atoms with Gasteiger partial charge in [-0.2, -0.15) is 0 Å². The molecule has 0 unspecified atom stereocenters. The minimum Gasteiger partial charge on any atom is -0.481 e. The van der Waals surface area contributed by atoms with Crippen LogP contribution in [0.2, 0.25) is 0 Å². The number of carbonyl (C=O) groups is 2. The molecule has 0 aromatic carbocycles. The molecule has 3 rings (SSSR count). The Bertz CT molecular complexity index is 405. The van der Waals surface area contributed by atoms with Gasteiger partial charge in [-0.15, -0.1) is 0 Å². The van der Waals surface area contributed by atoms with Gasteiger partial charge in [-0.1, -0.05) is 19.3 Å². The maximum Gasteiger partial charge on any atom is 0.306 e. The predicted octanol–water partition coefficient (Wildman–Crippen LogP) is 3.45. The second kappa shape index (κ2) is 7.01. The lowest BCUT2D eigenvalue weighted by atomic mass is 9.81. The van der Waals surface area contributed by atoms with Gasteiger partial charge >= 0.3 is 5.97 Å². The second-order valence-corrected chi connectivity index (χ2v) is 7.61. The van der Waals surface area contributed by atoms with Crippen LogP contribution < -0.4 is 0 Å². The van der Waals surface area contributed by atoms with Crippen LogP contribution in [0.4, 0.5) is 0 Å². The average Bonchev–Trinajstić information content (AvgIpc) is 3.38. The number of aliphatic carboxylic acids is 1. The summed E-state index contributed by atoms with van der Waals surface area (Å²) in [4.78, 5) is 26.1. The van der Waals surface area contributed by atoms with E-state index in [0.717, 1.165) is 19.4 Å². The van der Waals surface area contributed by atoms with Crippen molar-refractivity contribution in [3.63, 3.8) is 0 Å². The van der Waals surface area contributed by atoms with Gasteiger partial charge < -0.3 is 10.0 Å². The summed E-state index contributed by atoms with van der Waals surface area (Å²) in [5.41, 5.74) is 0. The molecule has 3 saturated carbocycles. The predicted molar refractivity (Wildman–Crippen MR) is 84.4 cm³/mol. The summed E-state index contributed by atoms with van der Waals surface area (Å²) in [7, 11) is 0. The number of carboxylic acid groups (broad SMARTS) is 1. The lowest BCUT2D eigenvalue weighted by Crippen LogP contribution is -2.42. The zero-order chi connectivity index (χ0) is 15.5. The number of hydrogen-bond donors (Lipinski definition) is 1. The number of nitrogens with zero attached hydrogens (tertiary/aromatic N) is 1. The Morgan fingerprint density at radius 1 is 0.818 bits per heavy atom. The molecule has 0 radical (unpaired) electrons. The van der Waals surface area contributed by atoms with Crippen molar-refractivity contribution in [1.82, 2.24) is 4.90 Å². The Morgan fingerprint density at radius 2 is 1.41 bits per heavy atom. The van der Waals surface area contributed by atoms with Gasteiger partial charge in [0.1, 0.15) is 0 Å². The van der Waals surface area contributed by atoms with Crippen LogP contribution in [0, 0.1) is 17.8 Å². The molecule has 0 spiro atoms. The number of hydrogen-bond acceptors (Lipinski definition) is 2. The second-order valence-electron chi connectivity index (χ2n) is 7.61. The molecule has 1 N–H and O–H groups in total. The van der Waals surface area contributed by atoms with E-state index in [1.807, 2.05) is 0 Å². The molecular formula is C18H29NO3. The molecule has 0 saturated heterocycles. The summed E-state index contributed by atoms with van der Waals surface area (Å²) in [6.07, 6.45) is 11.8. The quantitative estimate of drug-likeness (QED) is 0.846. The number of amides is 1. The van der Waals surface area contributed by atoms with Crippen molar-refractivity contribution in [2.45, 2.75) is 76.7 Å². The third kappa shape index (κ3) is 3.82. The maximum atomic E-state index is 12.9. The maximum absolute atomic E-state index is 12.9. The zero-order valence-electron chi connectivity index (χ0n) is 13.5. The van der Waals surface area contributed by atoms with E-state index < -0.39 is 5.97 Å². The highest BCUT2D eigenvalue weighted by molar-refractivity contribution is 5.80. The summed E-state index contributed by atoms with van der Waals surface area (Å²) in [5.74, 6) is 0.203. The van der Waals surface area contributed by atoms with E-state index in [-0.39, 0.29) is 11.8 Å². The Balaban J connectivity index is 1.55. The third-order valence-electron chi connectivity index (χ3n) is 5.88. The molecule has 124 valence electrons. The van der Waals surface area contributed by atoms with Crippen molar-refractivity contribution in [2.75, 3.05) is 6.54 Å². The van der Waals surface area contributed by atoms with E-state index in [4.69, 9.17) is 5.11 Å². The topological polar surface area (TPSA) is 57.6 Å². The van der Waals surface area contributed by atoms with E-state index in [2.05, 4.69) is 4.90 Å². The summed E-state index contributed by atoms with van der Waals surface area (Å²) in [5, 5.41) is 9.09. The van der Waals surface area contributed by atoms with Crippen molar-refractivity contribution < 1.29 is 14.7 Å². The third-order valence-corrected chi connectivity index (χ3v) is 5.88. The molecule has 3 aliphatic rings. The Hall–Kier alpha value is -1.06. The van der Waals surface area contributed by atoms with Crippen LogP contribution in [0.3, 0.4) is 0 Å². The molecular weight excluding hydrogens is 278 g/mol. The molecule has 4 heteroatoms. The molecule has 0 aliphatic heterocycles. The first kappa shape index (κ1) is 15.8.